The van der Waals surface area contributed by atoms with Crippen molar-refractivity contribution in [2.45, 2.75) is 0 Å². The molecule has 0 fully saturated rings. The van der Waals surface area contributed by atoms with Crippen LogP contribution in [0.2, 0.25) is 0 Å². The predicted octanol–water partition coefficient (Wildman–Crippen LogP) is 5.62. The zero-order chi connectivity index (χ0) is 20.9. The Morgan fingerprint density at radius 1 is 0.742 bits per heavy atom. The minimum Gasteiger partial charge on any atom is -0.478 e. The molecule has 0 saturated heterocycles. The summed E-state index contributed by atoms with van der Waals surface area (Å²) in [7, 11) is 0. The van der Waals surface area contributed by atoms with E-state index in [4.69, 9.17) is 4.98 Å². The van der Waals surface area contributed by atoms with E-state index in [1.165, 1.54) is 0 Å². The van der Waals surface area contributed by atoms with Crippen molar-refractivity contribution in [2.24, 2.45) is 0 Å². The number of hydrogen-bond donors (Lipinski definition) is 3. The molecule has 2 aromatic heterocycles. The van der Waals surface area contributed by atoms with Crippen molar-refractivity contribution in [3.05, 3.63) is 84.4 Å². The molecule has 0 bridgehead atoms. The summed E-state index contributed by atoms with van der Waals surface area (Å²) in [6.07, 6.45) is 0. The summed E-state index contributed by atoms with van der Waals surface area (Å²) in [6.45, 7) is 0. The van der Waals surface area contributed by atoms with E-state index < -0.39 is 5.97 Å². The number of carbonyl (C=O) groups is 1. The van der Waals surface area contributed by atoms with Crippen molar-refractivity contribution in [3.8, 4) is 22.8 Å². The number of carboxylic acids is 1. The van der Waals surface area contributed by atoms with E-state index in [0.29, 0.717) is 16.9 Å². The molecule has 0 radical (unpaired) electrons. The number of carboxylic acid groups (broad SMARTS) is 1. The number of H-pyrrole nitrogens is 2. The number of para-hydroxylation sites is 3. The summed E-state index contributed by atoms with van der Waals surface area (Å²) >= 11 is 0. The maximum Gasteiger partial charge on any atom is 0.337 e. The third kappa shape index (κ3) is 2.69. The molecule has 0 spiro atoms. The maximum absolute atomic E-state index is 11.7. The lowest BCUT2D eigenvalue weighted by atomic mass is 9.98. The first-order valence-corrected chi connectivity index (χ1v) is 9.88. The number of benzene rings is 4. The third-order valence-corrected chi connectivity index (χ3v) is 5.55. The van der Waals surface area contributed by atoms with Crippen molar-refractivity contribution in [1.29, 1.82) is 0 Å². The molecule has 0 aliphatic heterocycles. The average molecular weight is 404 g/mol. The molecule has 0 saturated carbocycles. The summed E-state index contributed by atoms with van der Waals surface area (Å²) in [5.74, 6) is 0.344. The molecule has 4 aromatic carbocycles. The smallest absolute Gasteiger partial charge is 0.337 e. The number of fused-ring (bicyclic) bond motifs is 3. The van der Waals surface area contributed by atoms with Crippen LogP contribution in [-0.2, 0) is 0 Å². The predicted molar refractivity (Wildman–Crippen MR) is 121 cm³/mol. The molecule has 31 heavy (non-hydrogen) atoms. The van der Waals surface area contributed by atoms with Gasteiger partial charge in [-0.05, 0) is 41.1 Å². The van der Waals surface area contributed by atoms with E-state index in [1.54, 1.807) is 12.1 Å². The molecule has 148 valence electrons. The normalized spacial score (nSPS) is 11.5. The Morgan fingerprint density at radius 3 is 2.39 bits per heavy atom. The van der Waals surface area contributed by atoms with Crippen molar-refractivity contribution in [2.75, 3.05) is 0 Å². The van der Waals surface area contributed by atoms with Crippen LogP contribution in [0.1, 0.15) is 10.4 Å². The molecule has 0 atom stereocenters. The minimum absolute atomic E-state index is 0.172. The van der Waals surface area contributed by atoms with Crippen molar-refractivity contribution in [1.82, 2.24) is 19.9 Å². The quantitative estimate of drug-likeness (QED) is 0.356. The molecule has 0 amide bonds. The summed E-state index contributed by atoms with van der Waals surface area (Å²) < 4.78 is 0. The van der Waals surface area contributed by atoms with Gasteiger partial charge in [-0.25, -0.2) is 14.8 Å². The monoisotopic (exact) mass is 404 g/mol. The van der Waals surface area contributed by atoms with Gasteiger partial charge in [-0.15, -0.1) is 0 Å². The molecule has 2 heterocycles. The average Bonchev–Trinajstić information content (AvgIpc) is 3.42. The van der Waals surface area contributed by atoms with Gasteiger partial charge in [-0.3, -0.25) is 0 Å². The van der Waals surface area contributed by atoms with E-state index in [9.17, 15) is 9.90 Å². The van der Waals surface area contributed by atoms with Gasteiger partial charge in [0.15, 0.2) is 0 Å². The van der Waals surface area contributed by atoms with Gasteiger partial charge in [0, 0.05) is 11.1 Å². The van der Waals surface area contributed by atoms with Crippen LogP contribution in [0.5, 0.6) is 0 Å². The number of hydrogen-bond acceptors (Lipinski definition) is 3. The zero-order valence-electron chi connectivity index (χ0n) is 16.3. The van der Waals surface area contributed by atoms with Crippen molar-refractivity contribution in [3.63, 3.8) is 0 Å². The number of nitrogens with one attached hydrogen (secondary N) is 2. The Kier molecular flexibility index (Phi) is 3.67. The third-order valence-electron chi connectivity index (χ3n) is 5.55. The van der Waals surface area contributed by atoms with Gasteiger partial charge in [0.2, 0.25) is 0 Å². The topological polar surface area (TPSA) is 94.7 Å². The van der Waals surface area contributed by atoms with E-state index in [0.717, 1.165) is 38.8 Å². The molecule has 0 aliphatic rings. The Balaban J connectivity index is 1.68. The van der Waals surface area contributed by atoms with Crippen LogP contribution in [-0.4, -0.2) is 31.0 Å². The fraction of sp³-hybridized carbons (Fsp3) is 0. The first-order valence-electron chi connectivity index (χ1n) is 9.88. The summed E-state index contributed by atoms with van der Waals surface area (Å²) in [5, 5.41) is 11.7. The van der Waals surface area contributed by atoms with Crippen LogP contribution in [0.4, 0.5) is 0 Å². The lowest BCUT2D eigenvalue weighted by Gasteiger charge is -2.10. The van der Waals surface area contributed by atoms with Crippen LogP contribution < -0.4 is 0 Å². The van der Waals surface area contributed by atoms with Gasteiger partial charge in [0.05, 0.1) is 22.1 Å². The zero-order valence-corrected chi connectivity index (χ0v) is 16.3. The molecule has 0 unspecified atom stereocenters. The van der Waals surface area contributed by atoms with E-state index in [1.807, 2.05) is 54.6 Å². The molecule has 6 aromatic rings. The van der Waals surface area contributed by atoms with Gasteiger partial charge in [-0.1, -0.05) is 48.5 Å². The SMILES string of the molecule is O=C(O)c1cccc2[nH]c(-c3ccc4ccccc4c3-c3nc4ccccc4[nH]3)nc12. The summed E-state index contributed by atoms with van der Waals surface area (Å²) in [4.78, 5) is 27.9. The molecular formula is C25H16N4O2. The molecule has 6 rings (SSSR count). The van der Waals surface area contributed by atoms with Gasteiger partial charge in [-0.2, -0.15) is 0 Å². The number of rotatable bonds is 3. The largest absolute Gasteiger partial charge is 0.478 e. The second-order valence-electron chi connectivity index (χ2n) is 7.40. The van der Waals surface area contributed by atoms with Crippen LogP contribution in [0.3, 0.4) is 0 Å². The number of imidazole rings is 2. The van der Waals surface area contributed by atoms with Gasteiger partial charge in [0.25, 0.3) is 0 Å². The Labute approximate surface area is 176 Å². The fourth-order valence-corrected chi connectivity index (χ4v) is 4.13. The van der Waals surface area contributed by atoms with E-state index in [2.05, 4.69) is 27.1 Å². The van der Waals surface area contributed by atoms with Crippen LogP contribution >= 0.6 is 0 Å². The molecule has 0 aliphatic carbocycles. The Morgan fingerprint density at radius 2 is 1.52 bits per heavy atom. The van der Waals surface area contributed by atoms with E-state index in [-0.39, 0.29) is 5.56 Å². The lowest BCUT2D eigenvalue weighted by molar-refractivity contribution is 0.0699. The van der Waals surface area contributed by atoms with Gasteiger partial charge >= 0.3 is 5.97 Å². The maximum atomic E-state index is 11.7. The van der Waals surface area contributed by atoms with E-state index >= 15 is 0 Å². The Hall–Kier alpha value is -4.45. The Bertz CT molecular complexity index is 1590. The molecule has 6 nitrogen and oxygen atoms in total. The minimum atomic E-state index is -1.00. The summed E-state index contributed by atoms with van der Waals surface area (Å²) in [5.41, 5.74) is 4.90. The highest BCUT2D eigenvalue weighted by molar-refractivity contribution is 6.05. The first kappa shape index (κ1) is 17.4. The van der Waals surface area contributed by atoms with Crippen LogP contribution in [0, 0.1) is 0 Å². The van der Waals surface area contributed by atoms with Crippen LogP contribution in [0.25, 0.3) is 55.6 Å². The number of aromatic carboxylic acids is 1. The second-order valence-corrected chi connectivity index (χ2v) is 7.40. The fourth-order valence-electron chi connectivity index (χ4n) is 4.13. The highest BCUT2D eigenvalue weighted by Gasteiger charge is 2.19. The van der Waals surface area contributed by atoms with Gasteiger partial charge < -0.3 is 15.1 Å². The van der Waals surface area contributed by atoms with Crippen LogP contribution in [0.15, 0.2) is 78.9 Å². The number of aromatic nitrogens is 4. The highest BCUT2D eigenvalue weighted by atomic mass is 16.4. The van der Waals surface area contributed by atoms with Gasteiger partial charge in [0.1, 0.15) is 17.2 Å². The highest BCUT2D eigenvalue weighted by Crippen LogP contribution is 2.37. The molecule has 3 N–H and O–H groups in total. The van der Waals surface area contributed by atoms with Crippen molar-refractivity contribution >= 4 is 38.8 Å². The first-order chi connectivity index (χ1) is 15.2. The standard InChI is InChI=1S/C25H16N4O2/c30-25(31)17-8-5-11-20-22(17)29-23(28-20)16-13-12-14-6-1-2-7-15(14)21(16)24-26-18-9-3-4-10-19(18)27-24/h1-13H,(H,26,27)(H,28,29)(H,30,31). The molecular weight excluding hydrogens is 388 g/mol. The lowest BCUT2D eigenvalue weighted by Crippen LogP contribution is -1.96. The van der Waals surface area contributed by atoms with Crippen molar-refractivity contribution < 1.29 is 9.90 Å². The number of nitrogens with zero attached hydrogens (tertiary/aromatic N) is 2. The summed E-state index contributed by atoms with van der Waals surface area (Å²) in [6, 6.07) is 25.2. The second kappa shape index (κ2) is 6.53. The number of aromatic amines is 2. The molecule has 6 heteroatoms.